The molecular formula is C18H19ClN6O3. The first kappa shape index (κ1) is 19.6. The second kappa shape index (κ2) is 8.66. The molecule has 10 heteroatoms. The van der Waals surface area contributed by atoms with Gasteiger partial charge in [0.15, 0.2) is 5.82 Å². The van der Waals surface area contributed by atoms with Gasteiger partial charge in [0.25, 0.3) is 5.91 Å². The molecule has 28 heavy (non-hydrogen) atoms. The summed E-state index contributed by atoms with van der Waals surface area (Å²) in [5.74, 6) is -0.570. The predicted octanol–water partition coefficient (Wildman–Crippen LogP) is 1.74. The Balaban J connectivity index is 1.47. The summed E-state index contributed by atoms with van der Waals surface area (Å²) in [5, 5.41) is 14.0. The molecule has 146 valence electrons. The van der Waals surface area contributed by atoms with Gasteiger partial charge >= 0.3 is 11.8 Å². The first-order chi connectivity index (χ1) is 13.5. The molecule has 0 radical (unpaired) electrons. The van der Waals surface area contributed by atoms with Crippen LogP contribution in [0.2, 0.25) is 5.02 Å². The van der Waals surface area contributed by atoms with Crippen LogP contribution in [-0.2, 0) is 6.54 Å². The Morgan fingerprint density at radius 3 is 2.43 bits per heavy atom. The van der Waals surface area contributed by atoms with Crippen LogP contribution in [-0.4, -0.2) is 44.8 Å². The molecule has 1 aromatic carbocycles. The number of carbonyl (C=O) groups is 2. The van der Waals surface area contributed by atoms with E-state index in [1.807, 2.05) is 13.0 Å². The summed E-state index contributed by atoms with van der Waals surface area (Å²) in [5.41, 5.74) is 2.04. The highest BCUT2D eigenvalue weighted by molar-refractivity contribution is 6.31. The smallest absolute Gasteiger partial charge is 0.316 e. The van der Waals surface area contributed by atoms with E-state index in [1.165, 1.54) is 0 Å². The first-order valence-corrected chi connectivity index (χ1v) is 8.97. The lowest BCUT2D eigenvalue weighted by Gasteiger charge is -2.05. The van der Waals surface area contributed by atoms with Crippen LogP contribution in [0.1, 0.15) is 38.3 Å². The summed E-state index contributed by atoms with van der Waals surface area (Å²) in [4.78, 5) is 28.1. The number of hydrogen-bond acceptors (Lipinski definition) is 6. The van der Waals surface area contributed by atoms with Gasteiger partial charge in [-0.25, -0.2) is 0 Å². The van der Waals surface area contributed by atoms with Crippen molar-refractivity contribution in [3.63, 3.8) is 0 Å². The van der Waals surface area contributed by atoms with Gasteiger partial charge in [-0.2, -0.15) is 10.1 Å². The molecule has 3 aromatic rings. The molecule has 2 N–H and O–H groups in total. The minimum Gasteiger partial charge on any atom is -0.350 e. The van der Waals surface area contributed by atoms with Crippen molar-refractivity contribution in [3.8, 4) is 0 Å². The summed E-state index contributed by atoms with van der Waals surface area (Å²) in [6.07, 6.45) is 0. The van der Waals surface area contributed by atoms with Crippen molar-refractivity contribution in [2.45, 2.75) is 20.4 Å². The molecule has 0 atom stereocenters. The molecule has 0 fully saturated rings. The molecule has 9 nitrogen and oxygen atoms in total. The number of aromatic nitrogens is 4. The molecule has 0 spiro atoms. The van der Waals surface area contributed by atoms with E-state index < -0.39 is 5.91 Å². The van der Waals surface area contributed by atoms with E-state index in [-0.39, 0.29) is 31.4 Å². The molecule has 0 unspecified atom stereocenters. The Kier molecular flexibility index (Phi) is 6.05. The number of nitrogens with zero attached hydrogens (tertiary/aromatic N) is 4. The van der Waals surface area contributed by atoms with Crippen LogP contribution in [0.5, 0.6) is 0 Å². The third kappa shape index (κ3) is 4.55. The van der Waals surface area contributed by atoms with E-state index in [0.717, 1.165) is 5.69 Å². The summed E-state index contributed by atoms with van der Waals surface area (Å²) in [6, 6.07) is 8.82. The third-order valence-corrected chi connectivity index (χ3v) is 4.53. The van der Waals surface area contributed by atoms with E-state index >= 15 is 0 Å². The normalized spacial score (nSPS) is 10.7. The van der Waals surface area contributed by atoms with E-state index in [1.54, 1.807) is 35.9 Å². The zero-order chi connectivity index (χ0) is 20.1. The maximum Gasteiger partial charge on any atom is 0.316 e. The largest absolute Gasteiger partial charge is 0.350 e. The lowest BCUT2D eigenvalue weighted by atomic mass is 10.2. The Bertz CT molecular complexity index is 983. The molecule has 2 aromatic heterocycles. The summed E-state index contributed by atoms with van der Waals surface area (Å²) >= 11 is 6.11. The van der Waals surface area contributed by atoms with Crippen molar-refractivity contribution in [1.29, 1.82) is 0 Å². The fraction of sp³-hybridized carbons (Fsp3) is 0.278. The van der Waals surface area contributed by atoms with E-state index in [0.29, 0.717) is 22.1 Å². The Morgan fingerprint density at radius 1 is 1.11 bits per heavy atom. The van der Waals surface area contributed by atoms with Gasteiger partial charge in [0, 0.05) is 18.7 Å². The van der Waals surface area contributed by atoms with Gasteiger partial charge in [-0.3, -0.25) is 14.3 Å². The standard InChI is InChI=1S/C18H19ClN6O3/c1-11-15(19)12(2)25(23-11)10-14-22-18(28-24-14)17(27)21-9-8-20-16(26)13-6-4-3-5-7-13/h3-7H,8-10H2,1-2H3,(H,20,26)(H,21,27). The fourth-order valence-electron chi connectivity index (χ4n) is 2.49. The van der Waals surface area contributed by atoms with Gasteiger partial charge in [-0.05, 0) is 26.0 Å². The van der Waals surface area contributed by atoms with Crippen molar-refractivity contribution >= 4 is 23.4 Å². The lowest BCUT2D eigenvalue weighted by Crippen LogP contribution is -2.34. The highest BCUT2D eigenvalue weighted by Gasteiger charge is 2.17. The van der Waals surface area contributed by atoms with Crippen LogP contribution >= 0.6 is 11.6 Å². The molecule has 0 bridgehead atoms. The molecule has 0 saturated heterocycles. The second-order valence-electron chi connectivity index (χ2n) is 6.04. The fourth-order valence-corrected chi connectivity index (χ4v) is 2.63. The number of amides is 2. The molecule has 3 rings (SSSR count). The molecular weight excluding hydrogens is 384 g/mol. The summed E-state index contributed by atoms with van der Waals surface area (Å²) in [7, 11) is 0. The third-order valence-electron chi connectivity index (χ3n) is 3.98. The van der Waals surface area contributed by atoms with Gasteiger partial charge in [0.05, 0.1) is 16.4 Å². The highest BCUT2D eigenvalue weighted by Crippen LogP contribution is 2.19. The topological polar surface area (TPSA) is 115 Å². The number of hydrogen-bond donors (Lipinski definition) is 2. The zero-order valence-electron chi connectivity index (χ0n) is 15.4. The quantitative estimate of drug-likeness (QED) is 0.582. The number of aryl methyl sites for hydroxylation is 1. The van der Waals surface area contributed by atoms with Crippen molar-refractivity contribution in [2.24, 2.45) is 0 Å². The van der Waals surface area contributed by atoms with Crippen molar-refractivity contribution < 1.29 is 14.1 Å². The van der Waals surface area contributed by atoms with E-state index in [9.17, 15) is 9.59 Å². The monoisotopic (exact) mass is 402 g/mol. The molecule has 0 aliphatic rings. The summed E-state index contributed by atoms with van der Waals surface area (Å²) < 4.78 is 6.63. The number of nitrogens with one attached hydrogen (secondary N) is 2. The molecule has 0 aliphatic heterocycles. The van der Waals surface area contributed by atoms with Gasteiger partial charge < -0.3 is 15.2 Å². The number of rotatable bonds is 7. The maximum atomic E-state index is 12.1. The van der Waals surface area contributed by atoms with Crippen LogP contribution in [0, 0.1) is 13.8 Å². The Hall–Kier alpha value is -3.20. The minimum atomic E-state index is -0.515. The van der Waals surface area contributed by atoms with Gasteiger partial charge in [-0.1, -0.05) is 35.0 Å². The second-order valence-corrected chi connectivity index (χ2v) is 6.41. The van der Waals surface area contributed by atoms with Crippen LogP contribution in [0.3, 0.4) is 0 Å². The van der Waals surface area contributed by atoms with Crippen LogP contribution in [0.25, 0.3) is 0 Å². The lowest BCUT2D eigenvalue weighted by molar-refractivity contribution is 0.0898. The van der Waals surface area contributed by atoms with Gasteiger partial charge in [0.1, 0.15) is 6.54 Å². The number of halogens is 1. The Morgan fingerprint density at radius 2 is 1.79 bits per heavy atom. The predicted molar refractivity (Wildman–Crippen MR) is 101 cm³/mol. The van der Waals surface area contributed by atoms with E-state index in [2.05, 4.69) is 25.9 Å². The molecule has 2 amide bonds. The first-order valence-electron chi connectivity index (χ1n) is 8.59. The zero-order valence-corrected chi connectivity index (χ0v) is 16.2. The average Bonchev–Trinajstić information content (AvgIpc) is 3.26. The number of carbonyl (C=O) groups excluding carboxylic acids is 2. The van der Waals surface area contributed by atoms with Crippen LogP contribution in [0.4, 0.5) is 0 Å². The van der Waals surface area contributed by atoms with Crippen molar-refractivity contribution in [1.82, 2.24) is 30.6 Å². The van der Waals surface area contributed by atoms with Crippen molar-refractivity contribution in [2.75, 3.05) is 13.1 Å². The van der Waals surface area contributed by atoms with Crippen LogP contribution < -0.4 is 10.6 Å². The minimum absolute atomic E-state index is 0.156. The SMILES string of the molecule is Cc1nn(Cc2noc(C(=O)NCCNC(=O)c3ccccc3)n2)c(C)c1Cl. The molecule has 0 aliphatic carbocycles. The van der Waals surface area contributed by atoms with Crippen LogP contribution in [0.15, 0.2) is 34.9 Å². The summed E-state index contributed by atoms with van der Waals surface area (Å²) in [6.45, 7) is 4.37. The number of benzene rings is 1. The van der Waals surface area contributed by atoms with Gasteiger partial charge in [0.2, 0.25) is 0 Å². The molecule has 2 heterocycles. The average molecular weight is 403 g/mol. The highest BCUT2D eigenvalue weighted by atomic mass is 35.5. The van der Waals surface area contributed by atoms with Crippen molar-refractivity contribution in [3.05, 3.63) is 64.0 Å². The molecule has 0 saturated carbocycles. The van der Waals surface area contributed by atoms with Gasteiger partial charge in [-0.15, -0.1) is 0 Å². The van der Waals surface area contributed by atoms with E-state index in [4.69, 9.17) is 16.1 Å². The maximum absolute atomic E-state index is 12.1. The Labute approximate surface area is 166 Å².